The van der Waals surface area contributed by atoms with Gasteiger partial charge in [0.15, 0.2) is 0 Å². The number of halogens is 2. The maximum Gasteiger partial charge on any atom is 0.149 e. The van der Waals surface area contributed by atoms with Gasteiger partial charge in [0.05, 0.1) is 6.04 Å². The third-order valence-electron chi connectivity index (χ3n) is 3.90. The molecule has 0 fully saturated rings. The van der Waals surface area contributed by atoms with Crippen molar-refractivity contribution in [3.05, 3.63) is 65.2 Å². The van der Waals surface area contributed by atoms with E-state index in [0.717, 1.165) is 31.2 Å². The Morgan fingerprint density at radius 3 is 2.45 bits per heavy atom. The molecule has 2 aromatic rings. The summed E-state index contributed by atoms with van der Waals surface area (Å²) in [6, 6.07) is 12.1. The zero-order valence-corrected chi connectivity index (χ0v) is 11.2. The molecule has 20 heavy (non-hydrogen) atoms. The zero-order chi connectivity index (χ0) is 13.9. The fourth-order valence-electron chi connectivity index (χ4n) is 2.88. The minimum atomic E-state index is -0.535. The largest absolute Gasteiger partial charge is 0.373 e. The van der Waals surface area contributed by atoms with E-state index in [1.807, 2.05) is 12.1 Å². The molecule has 0 spiro atoms. The van der Waals surface area contributed by atoms with Crippen molar-refractivity contribution >= 4 is 5.69 Å². The van der Waals surface area contributed by atoms with E-state index in [9.17, 15) is 8.78 Å². The van der Waals surface area contributed by atoms with Gasteiger partial charge in [0.1, 0.15) is 17.3 Å². The molecule has 0 heterocycles. The molecule has 0 aromatic heterocycles. The molecule has 0 aliphatic heterocycles. The second-order valence-electron chi connectivity index (χ2n) is 5.24. The van der Waals surface area contributed by atoms with Crippen LogP contribution in [0.4, 0.5) is 14.5 Å². The van der Waals surface area contributed by atoms with Crippen LogP contribution in [0.15, 0.2) is 42.5 Å². The summed E-state index contributed by atoms with van der Waals surface area (Å²) in [6.45, 7) is 0. The molecule has 0 radical (unpaired) electrons. The van der Waals surface area contributed by atoms with Crippen LogP contribution in [-0.2, 0) is 6.42 Å². The number of hydrogen-bond acceptors (Lipinski definition) is 1. The van der Waals surface area contributed by atoms with E-state index >= 15 is 0 Å². The molecule has 1 N–H and O–H groups in total. The van der Waals surface area contributed by atoms with Crippen LogP contribution >= 0.6 is 0 Å². The fraction of sp³-hybridized carbons (Fsp3) is 0.294. The normalized spacial score (nSPS) is 18.2. The monoisotopic (exact) mass is 273 g/mol. The van der Waals surface area contributed by atoms with Crippen LogP contribution in [0.25, 0.3) is 0 Å². The number of fused-ring (bicyclic) bond motifs is 1. The Bertz CT molecular complexity index is 589. The van der Waals surface area contributed by atoms with Gasteiger partial charge in [0, 0.05) is 0 Å². The van der Waals surface area contributed by atoms with Gasteiger partial charge in [-0.1, -0.05) is 36.8 Å². The molecule has 0 saturated carbocycles. The van der Waals surface area contributed by atoms with Crippen molar-refractivity contribution in [2.45, 2.75) is 31.7 Å². The molecule has 0 amide bonds. The van der Waals surface area contributed by atoms with Crippen molar-refractivity contribution < 1.29 is 8.78 Å². The Labute approximate surface area is 117 Å². The first kappa shape index (κ1) is 13.1. The summed E-state index contributed by atoms with van der Waals surface area (Å²) in [5.74, 6) is -1.07. The molecule has 0 bridgehead atoms. The predicted octanol–water partition coefficient (Wildman–Crippen LogP) is 4.84. The average Bonchev–Trinajstić information content (AvgIpc) is 2.66. The topological polar surface area (TPSA) is 12.0 Å². The number of hydrogen-bond donors (Lipinski definition) is 1. The Morgan fingerprint density at radius 2 is 1.65 bits per heavy atom. The van der Waals surface area contributed by atoms with Gasteiger partial charge in [-0.2, -0.15) is 0 Å². The summed E-state index contributed by atoms with van der Waals surface area (Å²) in [4.78, 5) is 0. The summed E-state index contributed by atoms with van der Waals surface area (Å²) in [5, 5.41) is 3.06. The maximum atomic E-state index is 13.8. The van der Waals surface area contributed by atoms with Gasteiger partial charge in [-0.15, -0.1) is 0 Å². The lowest BCUT2D eigenvalue weighted by Gasteiger charge is -2.21. The lowest BCUT2D eigenvalue weighted by molar-refractivity contribution is 0.574. The lowest BCUT2D eigenvalue weighted by Crippen LogP contribution is -2.13. The van der Waals surface area contributed by atoms with Crippen LogP contribution < -0.4 is 5.32 Å². The highest BCUT2D eigenvalue weighted by Crippen LogP contribution is 2.32. The van der Waals surface area contributed by atoms with Crippen LogP contribution in [0.2, 0.25) is 0 Å². The number of aryl methyl sites for hydroxylation is 1. The second-order valence-corrected chi connectivity index (χ2v) is 5.24. The summed E-state index contributed by atoms with van der Waals surface area (Å²) >= 11 is 0. The number of benzene rings is 2. The van der Waals surface area contributed by atoms with Gasteiger partial charge in [-0.3, -0.25) is 0 Å². The highest BCUT2D eigenvalue weighted by Gasteiger charge is 2.20. The Balaban J connectivity index is 1.94. The van der Waals surface area contributed by atoms with Gasteiger partial charge < -0.3 is 5.32 Å². The molecular weight excluding hydrogens is 256 g/mol. The maximum absolute atomic E-state index is 13.8. The molecule has 3 rings (SSSR count). The van der Waals surface area contributed by atoms with Crippen molar-refractivity contribution in [2.24, 2.45) is 0 Å². The molecule has 1 nitrogen and oxygen atoms in total. The molecule has 1 aliphatic carbocycles. The number of anilines is 1. The summed E-state index contributed by atoms with van der Waals surface area (Å²) < 4.78 is 27.6. The van der Waals surface area contributed by atoms with Gasteiger partial charge in [0.2, 0.25) is 0 Å². The first-order valence-electron chi connectivity index (χ1n) is 7.04. The molecule has 1 atom stereocenters. The van der Waals surface area contributed by atoms with Gasteiger partial charge in [-0.05, 0) is 42.5 Å². The van der Waals surface area contributed by atoms with E-state index in [1.54, 1.807) is 0 Å². The smallest absolute Gasteiger partial charge is 0.149 e. The van der Waals surface area contributed by atoms with Gasteiger partial charge in [-0.25, -0.2) is 8.78 Å². The van der Waals surface area contributed by atoms with E-state index in [4.69, 9.17) is 0 Å². The van der Waals surface area contributed by atoms with Crippen LogP contribution in [-0.4, -0.2) is 0 Å². The van der Waals surface area contributed by atoms with E-state index < -0.39 is 11.6 Å². The van der Waals surface area contributed by atoms with Gasteiger partial charge in [0.25, 0.3) is 0 Å². The Morgan fingerprint density at radius 1 is 0.900 bits per heavy atom. The minimum Gasteiger partial charge on any atom is -0.373 e. The quantitative estimate of drug-likeness (QED) is 0.772. The summed E-state index contributed by atoms with van der Waals surface area (Å²) in [5.41, 5.74) is 2.42. The first-order valence-corrected chi connectivity index (χ1v) is 7.04. The second kappa shape index (κ2) is 5.61. The standard InChI is InChI=1S/C17H17F2N/c18-14-9-5-10-15(19)17(14)20-16-11-4-2-7-12-6-1-3-8-13(12)16/h1,3,5-6,8-10,16,20H,2,4,7,11H2. The highest BCUT2D eigenvalue weighted by molar-refractivity contribution is 5.49. The van der Waals surface area contributed by atoms with E-state index in [1.165, 1.54) is 23.8 Å². The summed E-state index contributed by atoms with van der Waals surface area (Å²) in [7, 11) is 0. The lowest BCUT2D eigenvalue weighted by atomic mass is 9.99. The van der Waals surface area contributed by atoms with Crippen LogP contribution in [0.3, 0.4) is 0 Å². The number of nitrogens with one attached hydrogen (secondary N) is 1. The van der Waals surface area contributed by atoms with Crippen molar-refractivity contribution in [1.82, 2.24) is 0 Å². The van der Waals surface area contributed by atoms with E-state index in [0.29, 0.717) is 0 Å². The molecular formula is C17H17F2N. The molecule has 104 valence electrons. The molecule has 1 unspecified atom stereocenters. The number of rotatable bonds is 2. The fourth-order valence-corrected chi connectivity index (χ4v) is 2.88. The molecule has 1 aliphatic rings. The Kier molecular flexibility index (Phi) is 3.68. The third-order valence-corrected chi connectivity index (χ3v) is 3.90. The first-order chi connectivity index (χ1) is 9.75. The molecule has 2 aromatic carbocycles. The van der Waals surface area contributed by atoms with E-state index in [2.05, 4.69) is 17.4 Å². The SMILES string of the molecule is Fc1cccc(F)c1NC1CCCCc2ccccc21. The van der Waals surface area contributed by atoms with Crippen molar-refractivity contribution in [3.8, 4) is 0 Å². The third kappa shape index (κ3) is 2.53. The zero-order valence-electron chi connectivity index (χ0n) is 11.2. The highest BCUT2D eigenvalue weighted by atomic mass is 19.1. The van der Waals surface area contributed by atoms with E-state index in [-0.39, 0.29) is 11.7 Å². The van der Waals surface area contributed by atoms with Crippen LogP contribution in [0.5, 0.6) is 0 Å². The predicted molar refractivity (Wildman–Crippen MR) is 76.7 cm³/mol. The number of para-hydroxylation sites is 1. The van der Waals surface area contributed by atoms with Crippen molar-refractivity contribution in [3.63, 3.8) is 0 Å². The van der Waals surface area contributed by atoms with Gasteiger partial charge >= 0.3 is 0 Å². The van der Waals surface area contributed by atoms with Crippen molar-refractivity contribution in [2.75, 3.05) is 5.32 Å². The van der Waals surface area contributed by atoms with Crippen LogP contribution in [0.1, 0.15) is 36.4 Å². The van der Waals surface area contributed by atoms with Crippen LogP contribution in [0, 0.1) is 11.6 Å². The minimum absolute atomic E-state index is 0.0193. The molecule has 0 saturated heterocycles. The Hall–Kier alpha value is -1.90. The average molecular weight is 273 g/mol. The summed E-state index contributed by atoms with van der Waals surface area (Å²) in [6.07, 6.45) is 4.11. The van der Waals surface area contributed by atoms with Crippen molar-refractivity contribution in [1.29, 1.82) is 0 Å². The molecule has 3 heteroatoms.